The summed E-state index contributed by atoms with van der Waals surface area (Å²) in [5.41, 5.74) is 3.33. The quantitative estimate of drug-likeness (QED) is 0.440. The molecular formula is C23H46O4Si2. The minimum Gasteiger partial charge on any atom is -0.413 e. The lowest BCUT2D eigenvalue weighted by molar-refractivity contribution is -0.286. The van der Waals surface area contributed by atoms with Gasteiger partial charge in [0.15, 0.2) is 14.1 Å². The average Bonchev–Trinajstić information content (AvgIpc) is 2.53. The molecule has 0 amide bonds. The molecule has 0 radical (unpaired) electrons. The van der Waals surface area contributed by atoms with Crippen molar-refractivity contribution in [3.05, 3.63) is 0 Å². The molecule has 1 aliphatic heterocycles. The van der Waals surface area contributed by atoms with Gasteiger partial charge in [0.1, 0.15) is 14.2 Å². The van der Waals surface area contributed by atoms with Crippen LogP contribution in [0.15, 0.2) is 0 Å². The lowest BCUT2D eigenvalue weighted by Gasteiger charge is -2.46. The van der Waals surface area contributed by atoms with Gasteiger partial charge >= 0.3 is 0 Å². The molecule has 4 nitrogen and oxygen atoms in total. The summed E-state index contributed by atoms with van der Waals surface area (Å²) in [7, 11) is -3.59. The smallest absolute Gasteiger partial charge is 0.192 e. The third-order valence-electron chi connectivity index (χ3n) is 6.24. The van der Waals surface area contributed by atoms with Crippen LogP contribution in [0.2, 0.25) is 37.8 Å². The monoisotopic (exact) mass is 442 g/mol. The molecule has 0 aromatic heterocycles. The minimum absolute atomic E-state index is 0.0353. The van der Waals surface area contributed by atoms with Crippen LogP contribution in [0.5, 0.6) is 0 Å². The second-order valence-corrected chi connectivity index (χ2v) is 21.2. The van der Waals surface area contributed by atoms with E-state index in [1.54, 1.807) is 0 Å². The zero-order valence-electron chi connectivity index (χ0n) is 21.0. The summed E-state index contributed by atoms with van der Waals surface area (Å²) >= 11 is 0. The maximum Gasteiger partial charge on any atom is 0.192 e. The molecule has 6 heteroatoms. The molecule has 29 heavy (non-hydrogen) atoms. The van der Waals surface area contributed by atoms with E-state index in [-0.39, 0.29) is 29.1 Å². The van der Waals surface area contributed by atoms with Crippen molar-refractivity contribution in [2.24, 2.45) is 11.8 Å². The standard InChI is InChI=1S/C23H46O4Si2/c1-17(19(24)14-16-28(8,9)10)21(27-29(11,12)22(3,4)5)18(2)20-13-15-25-23(6,7)26-20/h17-21,24H,13,15H2,1-12H3/t17-,18-,19?,20+,21-/m0/s1. The number of ether oxygens (including phenoxy) is 2. The van der Waals surface area contributed by atoms with Crippen LogP contribution in [-0.4, -0.2) is 52.2 Å². The molecule has 1 saturated heterocycles. The van der Waals surface area contributed by atoms with Gasteiger partial charge in [0.25, 0.3) is 0 Å². The maximum absolute atomic E-state index is 10.9. The summed E-state index contributed by atoms with van der Waals surface area (Å²) in [6.45, 7) is 26.8. The van der Waals surface area contributed by atoms with Crippen molar-refractivity contribution in [1.82, 2.24) is 0 Å². The van der Waals surface area contributed by atoms with Crippen LogP contribution in [-0.2, 0) is 13.9 Å². The van der Waals surface area contributed by atoms with Crippen LogP contribution >= 0.6 is 0 Å². The van der Waals surface area contributed by atoms with Crippen molar-refractivity contribution in [3.8, 4) is 11.5 Å². The highest BCUT2D eigenvalue weighted by molar-refractivity contribution is 6.83. The van der Waals surface area contributed by atoms with E-state index in [9.17, 15) is 5.11 Å². The van der Waals surface area contributed by atoms with E-state index in [0.29, 0.717) is 6.61 Å². The van der Waals surface area contributed by atoms with Crippen molar-refractivity contribution in [1.29, 1.82) is 0 Å². The summed E-state index contributed by atoms with van der Waals surface area (Å²) in [5, 5.41) is 11.0. The molecular weight excluding hydrogens is 396 g/mol. The lowest BCUT2D eigenvalue weighted by Crippen LogP contribution is -2.53. The molecule has 0 bridgehead atoms. The van der Waals surface area contributed by atoms with Crippen LogP contribution in [0.3, 0.4) is 0 Å². The topological polar surface area (TPSA) is 47.9 Å². The number of aliphatic hydroxyl groups excluding tert-OH is 1. The van der Waals surface area contributed by atoms with E-state index in [2.05, 4.69) is 78.8 Å². The van der Waals surface area contributed by atoms with Gasteiger partial charge in [-0.25, -0.2) is 0 Å². The first-order chi connectivity index (χ1) is 12.9. The molecule has 170 valence electrons. The van der Waals surface area contributed by atoms with E-state index >= 15 is 0 Å². The van der Waals surface area contributed by atoms with Gasteiger partial charge in [-0.05, 0) is 38.4 Å². The molecule has 0 aliphatic carbocycles. The Morgan fingerprint density at radius 2 is 1.66 bits per heavy atom. The van der Waals surface area contributed by atoms with E-state index in [0.717, 1.165) is 6.42 Å². The summed E-state index contributed by atoms with van der Waals surface area (Å²) < 4.78 is 18.9. The Labute approximate surface area is 182 Å². The predicted molar refractivity (Wildman–Crippen MR) is 127 cm³/mol. The van der Waals surface area contributed by atoms with Crippen molar-refractivity contribution < 1.29 is 19.0 Å². The highest BCUT2D eigenvalue weighted by Gasteiger charge is 2.45. The fourth-order valence-corrected chi connectivity index (χ4v) is 5.32. The number of aliphatic hydroxyl groups is 1. The average molecular weight is 443 g/mol. The number of hydrogen-bond acceptors (Lipinski definition) is 4. The van der Waals surface area contributed by atoms with Gasteiger partial charge in [0.2, 0.25) is 0 Å². The Balaban J connectivity index is 3.18. The van der Waals surface area contributed by atoms with Gasteiger partial charge in [-0.2, -0.15) is 0 Å². The molecule has 1 aliphatic rings. The van der Waals surface area contributed by atoms with Crippen LogP contribution < -0.4 is 0 Å². The van der Waals surface area contributed by atoms with E-state index < -0.39 is 28.3 Å². The van der Waals surface area contributed by atoms with Crippen LogP contribution in [0.4, 0.5) is 0 Å². The van der Waals surface area contributed by atoms with Crippen LogP contribution in [0.1, 0.15) is 54.9 Å². The van der Waals surface area contributed by atoms with Crippen LogP contribution in [0, 0.1) is 23.3 Å². The van der Waals surface area contributed by atoms with Gasteiger partial charge in [-0.15, -0.1) is 5.54 Å². The summed E-state index contributed by atoms with van der Waals surface area (Å²) in [4.78, 5) is 0. The first-order valence-corrected chi connectivity index (χ1v) is 17.5. The van der Waals surface area contributed by atoms with Crippen molar-refractivity contribution in [2.45, 2.75) is 117 Å². The second kappa shape index (κ2) is 9.54. The molecule has 1 heterocycles. The molecule has 5 atom stereocenters. The van der Waals surface area contributed by atoms with Gasteiger partial charge in [-0.3, -0.25) is 0 Å². The predicted octanol–water partition coefficient (Wildman–Crippen LogP) is 5.43. The van der Waals surface area contributed by atoms with E-state index in [4.69, 9.17) is 13.9 Å². The van der Waals surface area contributed by atoms with E-state index in [1.807, 2.05) is 13.8 Å². The molecule has 1 rings (SSSR count). The molecule has 1 fully saturated rings. The molecule has 0 spiro atoms. The van der Waals surface area contributed by atoms with Crippen molar-refractivity contribution in [3.63, 3.8) is 0 Å². The number of hydrogen-bond donors (Lipinski definition) is 1. The first-order valence-electron chi connectivity index (χ1n) is 11.1. The third kappa shape index (κ3) is 8.12. The minimum atomic E-state index is -2.04. The molecule has 1 unspecified atom stereocenters. The number of rotatable bonds is 6. The third-order valence-corrected chi connectivity index (χ3v) is 11.6. The van der Waals surface area contributed by atoms with Gasteiger partial charge in [0, 0.05) is 11.8 Å². The Bertz CT molecular complexity index is 593. The summed E-state index contributed by atoms with van der Waals surface area (Å²) in [6, 6.07) is 0. The van der Waals surface area contributed by atoms with Crippen molar-refractivity contribution >= 4 is 16.4 Å². The van der Waals surface area contributed by atoms with Gasteiger partial charge in [0.05, 0.1) is 18.8 Å². The maximum atomic E-state index is 10.9. The van der Waals surface area contributed by atoms with Crippen molar-refractivity contribution in [2.75, 3.05) is 6.61 Å². The Morgan fingerprint density at radius 1 is 1.10 bits per heavy atom. The largest absolute Gasteiger partial charge is 0.413 e. The second-order valence-electron chi connectivity index (χ2n) is 11.7. The molecule has 0 aromatic carbocycles. The van der Waals surface area contributed by atoms with Gasteiger partial charge in [-0.1, -0.05) is 60.2 Å². The normalized spacial score (nSPS) is 24.8. The first kappa shape index (κ1) is 26.9. The fraction of sp³-hybridized carbons (Fsp3) is 0.913. The Morgan fingerprint density at radius 3 is 2.10 bits per heavy atom. The highest BCUT2D eigenvalue weighted by Crippen LogP contribution is 2.41. The Hall–Kier alpha value is -0.166. The molecule has 1 N–H and O–H groups in total. The Kier molecular flexibility index (Phi) is 8.84. The zero-order chi connectivity index (χ0) is 22.8. The molecule has 0 saturated carbocycles. The summed E-state index contributed by atoms with van der Waals surface area (Å²) in [6.07, 6.45) is 0.0476. The summed E-state index contributed by atoms with van der Waals surface area (Å²) in [5.74, 6) is 2.58. The van der Waals surface area contributed by atoms with E-state index in [1.165, 1.54) is 0 Å². The molecule has 0 aromatic rings. The van der Waals surface area contributed by atoms with Crippen LogP contribution in [0.25, 0.3) is 0 Å². The van der Waals surface area contributed by atoms with Gasteiger partial charge < -0.3 is 19.0 Å². The lowest BCUT2D eigenvalue weighted by atomic mass is 9.85. The SMILES string of the molecule is C[C@H]([C@@H](O[Si](C)(C)C(C)(C)C)[C@@H](C)C(O)C#C[Si](C)(C)C)[C@H]1CCOC(C)(C)O1. The fourth-order valence-electron chi connectivity index (χ4n) is 3.27. The zero-order valence-corrected chi connectivity index (χ0v) is 23.0. The highest BCUT2D eigenvalue weighted by atomic mass is 28.4.